The van der Waals surface area contributed by atoms with Gasteiger partial charge in [0, 0.05) is 11.6 Å². The van der Waals surface area contributed by atoms with E-state index >= 15 is 0 Å². The van der Waals surface area contributed by atoms with Crippen LogP contribution in [0.4, 0.5) is 5.69 Å². The van der Waals surface area contributed by atoms with Crippen molar-refractivity contribution in [2.75, 3.05) is 24.7 Å². The van der Waals surface area contributed by atoms with E-state index in [1.54, 1.807) is 0 Å². The van der Waals surface area contributed by atoms with Crippen LogP contribution in [-0.4, -0.2) is 38.8 Å². The summed E-state index contributed by atoms with van der Waals surface area (Å²) in [6, 6.07) is 4.26. The molecule has 0 aliphatic carbocycles. The average Bonchev–Trinajstić information content (AvgIpc) is 2.28. The maximum Gasteiger partial charge on any atom is 0.337 e. The first-order valence-electron chi connectivity index (χ1n) is 5.03. The first-order valence-corrected chi connectivity index (χ1v) is 7.06. The van der Waals surface area contributed by atoms with E-state index in [2.05, 4.69) is 10.0 Å². The van der Waals surface area contributed by atoms with Crippen LogP contribution < -0.4 is 10.0 Å². The Balaban J connectivity index is 2.78. The van der Waals surface area contributed by atoms with Crippen molar-refractivity contribution in [2.24, 2.45) is 0 Å². The van der Waals surface area contributed by atoms with Crippen LogP contribution in [0.3, 0.4) is 0 Å². The number of nitrogens with one attached hydrogen (secondary N) is 2. The van der Waals surface area contributed by atoms with Crippen LogP contribution in [0.1, 0.15) is 10.4 Å². The van der Waals surface area contributed by atoms with Crippen molar-refractivity contribution in [2.45, 2.75) is 0 Å². The van der Waals surface area contributed by atoms with E-state index in [0.29, 0.717) is 10.7 Å². The van der Waals surface area contributed by atoms with E-state index in [4.69, 9.17) is 16.7 Å². The van der Waals surface area contributed by atoms with Crippen molar-refractivity contribution in [1.82, 2.24) is 4.72 Å². The molecule has 18 heavy (non-hydrogen) atoms. The third kappa shape index (κ3) is 4.17. The molecule has 0 amide bonds. The van der Waals surface area contributed by atoms with Gasteiger partial charge in [-0.2, -0.15) is 0 Å². The Morgan fingerprint density at radius 1 is 1.44 bits per heavy atom. The zero-order valence-electron chi connectivity index (χ0n) is 9.60. The number of carbonyl (C=O) groups is 1. The molecule has 6 nitrogen and oxygen atoms in total. The molecular weight excluding hydrogens is 280 g/mol. The molecule has 0 aromatic heterocycles. The SMILES string of the molecule is CNS(=O)(=O)CCNc1cc(Cl)ccc1C(=O)O. The normalized spacial score (nSPS) is 11.2. The number of hydrogen-bond acceptors (Lipinski definition) is 4. The minimum atomic E-state index is -3.33. The molecule has 1 aromatic rings. The molecule has 0 saturated carbocycles. The zero-order chi connectivity index (χ0) is 13.8. The second-order valence-electron chi connectivity index (χ2n) is 3.44. The molecule has 1 aromatic carbocycles. The van der Waals surface area contributed by atoms with Gasteiger partial charge in [0.15, 0.2) is 0 Å². The highest BCUT2D eigenvalue weighted by atomic mass is 35.5. The number of rotatable bonds is 6. The van der Waals surface area contributed by atoms with E-state index < -0.39 is 16.0 Å². The molecule has 0 aliphatic heterocycles. The highest BCUT2D eigenvalue weighted by Crippen LogP contribution is 2.20. The minimum absolute atomic E-state index is 0.0428. The van der Waals surface area contributed by atoms with Crippen molar-refractivity contribution in [1.29, 1.82) is 0 Å². The molecule has 0 heterocycles. The quantitative estimate of drug-likeness (QED) is 0.727. The van der Waals surface area contributed by atoms with Gasteiger partial charge in [0.05, 0.1) is 17.0 Å². The summed E-state index contributed by atoms with van der Waals surface area (Å²) in [4.78, 5) is 10.9. The summed E-state index contributed by atoms with van der Waals surface area (Å²) in [5, 5.41) is 12.1. The van der Waals surface area contributed by atoms with Crippen LogP contribution in [0, 0.1) is 0 Å². The van der Waals surface area contributed by atoms with E-state index in [1.807, 2.05) is 0 Å². The monoisotopic (exact) mass is 292 g/mol. The molecule has 0 aliphatic rings. The van der Waals surface area contributed by atoms with Crippen molar-refractivity contribution < 1.29 is 18.3 Å². The molecule has 1 rings (SSSR count). The standard InChI is InChI=1S/C10H13ClN2O4S/c1-12-18(16,17)5-4-13-9-6-7(11)2-3-8(9)10(14)15/h2-3,6,12-13H,4-5H2,1H3,(H,14,15). The number of sulfonamides is 1. The van der Waals surface area contributed by atoms with Gasteiger partial charge in [0.25, 0.3) is 0 Å². The third-order valence-corrected chi connectivity index (χ3v) is 3.81. The first-order chi connectivity index (χ1) is 8.35. The Hall–Kier alpha value is -1.31. The van der Waals surface area contributed by atoms with Gasteiger partial charge in [-0.25, -0.2) is 17.9 Å². The van der Waals surface area contributed by atoms with Crippen LogP contribution in [0.2, 0.25) is 5.02 Å². The molecule has 0 spiro atoms. The third-order valence-electron chi connectivity index (χ3n) is 2.21. The number of benzene rings is 1. The number of aromatic carboxylic acids is 1. The average molecular weight is 293 g/mol. The smallest absolute Gasteiger partial charge is 0.337 e. The Labute approximate surface area is 110 Å². The van der Waals surface area contributed by atoms with Gasteiger partial charge in [-0.3, -0.25) is 0 Å². The van der Waals surface area contributed by atoms with E-state index in [9.17, 15) is 13.2 Å². The molecule has 0 bridgehead atoms. The predicted octanol–water partition coefficient (Wildman–Crippen LogP) is 0.999. The van der Waals surface area contributed by atoms with Gasteiger partial charge in [0.1, 0.15) is 0 Å². The van der Waals surface area contributed by atoms with E-state index in [0.717, 1.165) is 0 Å². The summed E-state index contributed by atoms with van der Waals surface area (Å²) in [6.45, 7) is 0.0871. The fourth-order valence-corrected chi connectivity index (χ4v) is 2.02. The largest absolute Gasteiger partial charge is 0.478 e. The lowest BCUT2D eigenvalue weighted by Crippen LogP contribution is -2.26. The van der Waals surface area contributed by atoms with E-state index in [1.165, 1.54) is 25.2 Å². The lowest BCUT2D eigenvalue weighted by atomic mass is 10.2. The summed E-state index contributed by atoms with van der Waals surface area (Å²) in [5.74, 6) is -1.26. The maximum atomic E-state index is 11.2. The Morgan fingerprint density at radius 2 is 2.11 bits per heavy atom. The molecule has 0 saturated heterocycles. The minimum Gasteiger partial charge on any atom is -0.478 e. The summed E-state index contributed by atoms with van der Waals surface area (Å²) in [5.41, 5.74) is 0.336. The van der Waals surface area contributed by atoms with Gasteiger partial charge >= 0.3 is 5.97 Å². The number of anilines is 1. The van der Waals surface area contributed by atoms with Gasteiger partial charge in [0.2, 0.25) is 10.0 Å². The Bertz CT molecular complexity index is 545. The van der Waals surface area contributed by atoms with Gasteiger partial charge in [-0.05, 0) is 25.2 Å². The van der Waals surface area contributed by atoms with E-state index in [-0.39, 0.29) is 17.9 Å². The highest BCUT2D eigenvalue weighted by molar-refractivity contribution is 7.89. The van der Waals surface area contributed by atoms with Gasteiger partial charge < -0.3 is 10.4 Å². The Morgan fingerprint density at radius 3 is 2.67 bits per heavy atom. The van der Waals surface area contributed by atoms with Crippen LogP contribution in [-0.2, 0) is 10.0 Å². The summed E-state index contributed by atoms with van der Waals surface area (Å²) >= 11 is 5.75. The molecule has 0 unspecified atom stereocenters. The fraction of sp³-hybridized carbons (Fsp3) is 0.300. The van der Waals surface area contributed by atoms with Crippen molar-refractivity contribution in [3.63, 3.8) is 0 Å². The number of hydrogen-bond donors (Lipinski definition) is 3. The molecule has 0 radical (unpaired) electrons. The van der Waals surface area contributed by atoms with Crippen LogP contribution in [0.25, 0.3) is 0 Å². The molecule has 100 valence electrons. The summed E-state index contributed by atoms with van der Waals surface area (Å²) in [6.07, 6.45) is 0. The number of halogens is 1. The molecular formula is C10H13ClN2O4S. The van der Waals surface area contributed by atoms with Crippen LogP contribution >= 0.6 is 11.6 Å². The fourth-order valence-electron chi connectivity index (χ4n) is 1.27. The van der Waals surface area contributed by atoms with Crippen molar-refractivity contribution >= 4 is 33.3 Å². The number of carboxylic acids is 1. The molecule has 0 atom stereocenters. The van der Waals surface area contributed by atoms with Crippen molar-refractivity contribution in [3.8, 4) is 0 Å². The number of carboxylic acid groups (broad SMARTS) is 1. The summed E-state index contributed by atoms with van der Waals surface area (Å²) in [7, 11) is -2.01. The topological polar surface area (TPSA) is 95.5 Å². The Kier molecular flexibility index (Phi) is 4.94. The van der Waals surface area contributed by atoms with Crippen LogP contribution in [0.5, 0.6) is 0 Å². The van der Waals surface area contributed by atoms with Crippen molar-refractivity contribution in [3.05, 3.63) is 28.8 Å². The first kappa shape index (κ1) is 14.7. The maximum absolute atomic E-state index is 11.2. The molecule has 0 fully saturated rings. The van der Waals surface area contributed by atoms with Gasteiger partial charge in [-0.1, -0.05) is 11.6 Å². The molecule has 3 N–H and O–H groups in total. The second kappa shape index (κ2) is 6.03. The van der Waals surface area contributed by atoms with Gasteiger partial charge in [-0.15, -0.1) is 0 Å². The summed E-state index contributed by atoms with van der Waals surface area (Å²) < 4.78 is 24.5. The highest BCUT2D eigenvalue weighted by Gasteiger charge is 2.11. The zero-order valence-corrected chi connectivity index (χ0v) is 11.2. The lowest BCUT2D eigenvalue weighted by molar-refractivity contribution is 0.0698. The second-order valence-corrected chi connectivity index (χ2v) is 5.93. The lowest BCUT2D eigenvalue weighted by Gasteiger charge is -2.10. The molecule has 8 heteroatoms. The van der Waals surface area contributed by atoms with Crippen LogP contribution in [0.15, 0.2) is 18.2 Å². The predicted molar refractivity (Wildman–Crippen MR) is 69.7 cm³/mol.